The van der Waals surface area contributed by atoms with Gasteiger partial charge in [0.2, 0.25) is 16.5 Å². The monoisotopic (exact) mass is 348 g/mol. The Hall–Kier alpha value is -1.14. The maximum Gasteiger partial charge on any atom is 0.229 e. The quantitative estimate of drug-likeness (QED) is 0.632. The molecule has 0 radical (unpaired) electrons. The zero-order valence-corrected chi connectivity index (χ0v) is 15.1. The number of epoxide rings is 1. The summed E-state index contributed by atoms with van der Waals surface area (Å²) in [5.41, 5.74) is 0.651. The molecule has 2 saturated heterocycles. The van der Waals surface area contributed by atoms with Crippen LogP contribution in [0, 0.1) is 0 Å². The molecule has 0 spiro atoms. The standard InChI is InChI=1S/C19H24O4S/c1-4-24-17(20)18-16(23-18)14(3)22-19(18,21)13(2)9-8-12-15-10-6-5-7-11-15/h5-7,9-11,14,16,21H,4,8,12H2,1-3H3/b13-9+. The van der Waals surface area contributed by atoms with Crippen LogP contribution in [0.1, 0.15) is 32.8 Å². The summed E-state index contributed by atoms with van der Waals surface area (Å²) in [7, 11) is 0. The van der Waals surface area contributed by atoms with Crippen molar-refractivity contribution in [1.29, 1.82) is 0 Å². The van der Waals surface area contributed by atoms with E-state index in [1.165, 1.54) is 17.3 Å². The third-order valence-electron chi connectivity index (χ3n) is 4.78. The fourth-order valence-electron chi connectivity index (χ4n) is 3.45. The Bertz CT molecular complexity index is 644. The molecule has 2 heterocycles. The van der Waals surface area contributed by atoms with Crippen LogP contribution in [0.25, 0.3) is 0 Å². The lowest BCUT2D eigenvalue weighted by Crippen LogP contribution is -2.50. The van der Waals surface area contributed by atoms with Gasteiger partial charge in [0.05, 0.1) is 6.10 Å². The molecule has 4 nitrogen and oxygen atoms in total. The van der Waals surface area contributed by atoms with E-state index >= 15 is 0 Å². The maximum absolute atomic E-state index is 12.5. The molecule has 3 rings (SSSR count). The molecule has 130 valence electrons. The summed E-state index contributed by atoms with van der Waals surface area (Å²) >= 11 is 1.18. The second-order valence-electron chi connectivity index (χ2n) is 6.37. The zero-order valence-electron chi connectivity index (χ0n) is 14.3. The number of allylic oxidation sites excluding steroid dienone is 1. The van der Waals surface area contributed by atoms with Crippen molar-refractivity contribution in [3.05, 3.63) is 47.5 Å². The molecular weight excluding hydrogens is 324 g/mol. The normalized spacial score (nSPS) is 34.9. The topological polar surface area (TPSA) is 59.1 Å². The van der Waals surface area contributed by atoms with Crippen LogP contribution in [0.5, 0.6) is 0 Å². The van der Waals surface area contributed by atoms with Crippen molar-refractivity contribution < 1.29 is 19.4 Å². The molecule has 4 unspecified atom stereocenters. The van der Waals surface area contributed by atoms with E-state index in [4.69, 9.17) is 9.47 Å². The Morgan fingerprint density at radius 1 is 1.33 bits per heavy atom. The van der Waals surface area contributed by atoms with Crippen molar-refractivity contribution in [3.8, 4) is 0 Å². The Labute approximate surface area is 147 Å². The minimum absolute atomic E-state index is 0.141. The smallest absolute Gasteiger partial charge is 0.229 e. The van der Waals surface area contributed by atoms with Crippen molar-refractivity contribution in [2.45, 2.75) is 57.2 Å². The van der Waals surface area contributed by atoms with E-state index in [0.29, 0.717) is 11.3 Å². The van der Waals surface area contributed by atoms with Crippen LogP contribution in [0.15, 0.2) is 42.0 Å². The minimum Gasteiger partial charge on any atom is -0.359 e. The summed E-state index contributed by atoms with van der Waals surface area (Å²) in [5.74, 6) is -1.01. The van der Waals surface area contributed by atoms with Crippen molar-refractivity contribution >= 4 is 16.9 Å². The van der Waals surface area contributed by atoms with E-state index in [2.05, 4.69) is 12.1 Å². The SMILES string of the molecule is CCSC(=O)C12OC1C(C)OC2(O)/C(C)=C/CCc1ccccc1. The van der Waals surface area contributed by atoms with Crippen LogP contribution in [0.3, 0.4) is 0 Å². The number of fused-ring (bicyclic) bond motifs is 1. The summed E-state index contributed by atoms with van der Waals surface area (Å²) in [6, 6.07) is 10.2. The van der Waals surface area contributed by atoms with Crippen molar-refractivity contribution in [3.63, 3.8) is 0 Å². The summed E-state index contributed by atoms with van der Waals surface area (Å²) in [5, 5.41) is 11.0. The molecule has 1 aromatic carbocycles. The molecule has 0 saturated carbocycles. The fraction of sp³-hybridized carbons (Fsp3) is 0.526. The van der Waals surface area contributed by atoms with Gasteiger partial charge in [0.25, 0.3) is 0 Å². The van der Waals surface area contributed by atoms with E-state index in [0.717, 1.165) is 12.8 Å². The van der Waals surface area contributed by atoms with Gasteiger partial charge in [-0.3, -0.25) is 4.79 Å². The first-order valence-corrected chi connectivity index (χ1v) is 9.40. The number of carbonyl (C=O) groups is 1. The second kappa shape index (κ2) is 6.64. The first-order valence-electron chi connectivity index (χ1n) is 8.42. The number of rotatable bonds is 6. The number of aliphatic hydroxyl groups is 1. The Morgan fingerprint density at radius 3 is 2.67 bits per heavy atom. The Balaban J connectivity index is 1.75. The van der Waals surface area contributed by atoms with E-state index in [1.54, 1.807) is 0 Å². The molecule has 1 aromatic rings. The highest BCUT2D eigenvalue weighted by molar-refractivity contribution is 8.13. The van der Waals surface area contributed by atoms with Crippen LogP contribution >= 0.6 is 11.8 Å². The molecule has 24 heavy (non-hydrogen) atoms. The van der Waals surface area contributed by atoms with Crippen LogP contribution < -0.4 is 0 Å². The first kappa shape index (κ1) is 17.7. The lowest BCUT2D eigenvalue weighted by molar-refractivity contribution is -0.220. The lowest BCUT2D eigenvalue weighted by Gasteiger charge is -2.31. The van der Waals surface area contributed by atoms with Gasteiger partial charge in [-0.2, -0.15) is 0 Å². The predicted octanol–water partition coefficient (Wildman–Crippen LogP) is 3.09. The van der Waals surface area contributed by atoms with Gasteiger partial charge < -0.3 is 14.6 Å². The van der Waals surface area contributed by atoms with Crippen molar-refractivity contribution in [1.82, 2.24) is 0 Å². The zero-order chi connectivity index (χ0) is 17.4. The van der Waals surface area contributed by atoms with E-state index in [-0.39, 0.29) is 17.3 Å². The number of hydrogen-bond acceptors (Lipinski definition) is 5. The first-order chi connectivity index (χ1) is 11.5. The predicted molar refractivity (Wildman–Crippen MR) is 94.8 cm³/mol. The van der Waals surface area contributed by atoms with Gasteiger partial charge in [-0.1, -0.05) is 55.1 Å². The van der Waals surface area contributed by atoms with Crippen LogP contribution in [-0.2, 0) is 20.7 Å². The minimum atomic E-state index is -1.66. The largest absolute Gasteiger partial charge is 0.359 e. The average molecular weight is 348 g/mol. The van der Waals surface area contributed by atoms with Gasteiger partial charge in [0.1, 0.15) is 6.10 Å². The number of aryl methyl sites for hydroxylation is 1. The molecule has 0 aromatic heterocycles. The lowest BCUT2D eigenvalue weighted by atomic mass is 9.90. The Kier molecular flexibility index (Phi) is 4.89. The molecule has 1 N–H and O–H groups in total. The number of benzene rings is 1. The third-order valence-corrected chi connectivity index (χ3v) is 5.64. The van der Waals surface area contributed by atoms with Crippen LogP contribution in [0.4, 0.5) is 0 Å². The molecule has 0 aliphatic carbocycles. The number of ether oxygens (including phenoxy) is 2. The number of thioether (sulfide) groups is 1. The Morgan fingerprint density at radius 2 is 2.04 bits per heavy atom. The van der Waals surface area contributed by atoms with Gasteiger partial charge in [-0.15, -0.1) is 0 Å². The van der Waals surface area contributed by atoms with Crippen molar-refractivity contribution in [2.24, 2.45) is 0 Å². The third kappa shape index (κ3) is 2.73. The molecule has 2 aliphatic heterocycles. The van der Waals surface area contributed by atoms with Gasteiger partial charge in [0.15, 0.2) is 0 Å². The highest BCUT2D eigenvalue weighted by atomic mass is 32.2. The molecule has 2 fully saturated rings. The maximum atomic E-state index is 12.5. The van der Waals surface area contributed by atoms with Crippen LogP contribution in [0.2, 0.25) is 0 Å². The molecular formula is C19H24O4S. The molecule has 0 bridgehead atoms. The van der Waals surface area contributed by atoms with Gasteiger partial charge in [-0.05, 0) is 43.6 Å². The fourth-order valence-corrected chi connectivity index (χ4v) is 4.23. The van der Waals surface area contributed by atoms with E-state index in [1.807, 2.05) is 45.0 Å². The van der Waals surface area contributed by atoms with Crippen LogP contribution in [-0.4, -0.2) is 39.6 Å². The summed E-state index contributed by atoms with van der Waals surface area (Å²) in [4.78, 5) is 12.5. The molecule has 5 heteroatoms. The van der Waals surface area contributed by atoms with E-state index in [9.17, 15) is 9.90 Å². The summed E-state index contributed by atoms with van der Waals surface area (Å²) < 4.78 is 11.5. The van der Waals surface area contributed by atoms with E-state index < -0.39 is 11.4 Å². The van der Waals surface area contributed by atoms with Gasteiger partial charge in [-0.25, -0.2) is 0 Å². The second-order valence-corrected chi connectivity index (χ2v) is 7.61. The average Bonchev–Trinajstić information content (AvgIpc) is 3.29. The summed E-state index contributed by atoms with van der Waals surface area (Å²) in [6.07, 6.45) is 2.94. The number of carbonyl (C=O) groups excluding carboxylic acids is 1. The molecule has 0 amide bonds. The van der Waals surface area contributed by atoms with Gasteiger partial charge in [0, 0.05) is 0 Å². The molecule has 2 aliphatic rings. The molecule has 4 atom stereocenters. The summed E-state index contributed by atoms with van der Waals surface area (Å²) in [6.45, 7) is 5.57. The number of hydrogen-bond donors (Lipinski definition) is 1. The highest BCUT2D eigenvalue weighted by Crippen LogP contribution is 2.59. The van der Waals surface area contributed by atoms with Gasteiger partial charge >= 0.3 is 0 Å². The van der Waals surface area contributed by atoms with Crippen molar-refractivity contribution in [2.75, 3.05) is 5.75 Å². The highest BCUT2D eigenvalue weighted by Gasteiger charge is 2.82.